The summed E-state index contributed by atoms with van der Waals surface area (Å²) in [6.45, 7) is 0.661. The fourth-order valence-electron chi connectivity index (χ4n) is 2.80. The van der Waals surface area contributed by atoms with E-state index in [4.69, 9.17) is 4.74 Å². The van der Waals surface area contributed by atoms with E-state index in [1.54, 1.807) is 12.1 Å². The molecule has 0 radical (unpaired) electrons. The fraction of sp³-hybridized carbons (Fsp3) is 0.263. The zero-order valence-electron chi connectivity index (χ0n) is 14.6. The summed E-state index contributed by atoms with van der Waals surface area (Å²) in [5.74, 6) is -0.0282. The Balaban J connectivity index is 1.41. The first-order chi connectivity index (χ1) is 13.0. The predicted molar refractivity (Wildman–Crippen MR) is 98.8 cm³/mol. The van der Waals surface area contributed by atoms with E-state index in [1.807, 2.05) is 30.3 Å². The molecule has 2 aromatic carbocycles. The molecule has 1 aliphatic rings. The molecular formula is C19H20N2O5S. The SMILES string of the molecule is O=C(CCCN1C(=O)c2ccccc2S1(=O)=O)NCCOc1ccccc1. The molecule has 0 spiro atoms. The van der Waals surface area contributed by atoms with Gasteiger partial charge in [-0.05, 0) is 30.7 Å². The first-order valence-corrected chi connectivity index (χ1v) is 10.0. The minimum atomic E-state index is -3.81. The topological polar surface area (TPSA) is 92.8 Å². The Bertz CT molecular complexity index is 928. The molecule has 1 aliphatic heterocycles. The molecule has 0 atom stereocenters. The number of hydrogen-bond acceptors (Lipinski definition) is 5. The lowest BCUT2D eigenvalue weighted by Gasteiger charge is -2.14. The van der Waals surface area contributed by atoms with Gasteiger partial charge < -0.3 is 10.1 Å². The molecule has 27 heavy (non-hydrogen) atoms. The molecule has 0 fully saturated rings. The molecule has 0 saturated carbocycles. The minimum absolute atomic E-state index is 0.0240. The molecule has 1 heterocycles. The highest BCUT2D eigenvalue weighted by molar-refractivity contribution is 7.90. The lowest BCUT2D eigenvalue weighted by Crippen LogP contribution is -2.33. The zero-order chi connectivity index (χ0) is 19.3. The molecule has 0 saturated heterocycles. The van der Waals surface area contributed by atoms with Crippen LogP contribution in [0.2, 0.25) is 0 Å². The number of fused-ring (bicyclic) bond motifs is 1. The minimum Gasteiger partial charge on any atom is -0.492 e. The average Bonchev–Trinajstić information content (AvgIpc) is 2.87. The smallest absolute Gasteiger partial charge is 0.269 e. The van der Waals surface area contributed by atoms with Gasteiger partial charge in [-0.3, -0.25) is 9.59 Å². The average molecular weight is 388 g/mol. The Morgan fingerprint density at radius 1 is 1.04 bits per heavy atom. The van der Waals surface area contributed by atoms with Gasteiger partial charge in [0.25, 0.3) is 15.9 Å². The molecule has 0 aromatic heterocycles. The number of benzene rings is 2. The van der Waals surface area contributed by atoms with E-state index >= 15 is 0 Å². The van der Waals surface area contributed by atoms with Crippen LogP contribution in [0.15, 0.2) is 59.5 Å². The molecule has 0 aliphatic carbocycles. The molecule has 7 nitrogen and oxygen atoms in total. The van der Waals surface area contributed by atoms with E-state index in [-0.39, 0.29) is 35.8 Å². The number of sulfonamides is 1. The third kappa shape index (κ3) is 4.28. The maximum absolute atomic E-state index is 12.4. The van der Waals surface area contributed by atoms with Crippen LogP contribution in [0.5, 0.6) is 5.75 Å². The highest BCUT2D eigenvalue weighted by Gasteiger charge is 2.40. The fourth-order valence-corrected chi connectivity index (χ4v) is 4.41. The van der Waals surface area contributed by atoms with Gasteiger partial charge in [0.15, 0.2) is 0 Å². The first kappa shape index (κ1) is 18.9. The van der Waals surface area contributed by atoms with Crippen molar-refractivity contribution in [3.05, 3.63) is 60.2 Å². The van der Waals surface area contributed by atoms with Crippen LogP contribution >= 0.6 is 0 Å². The van der Waals surface area contributed by atoms with Crippen LogP contribution in [0.25, 0.3) is 0 Å². The molecule has 0 unspecified atom stereocenters. The maximum atomic E-state index is 12.4. The van der Waals surface area contributed by atoms with Crippen LogP contribution in [0, 0.1) is 0 Å². The predicted octanol–water partition coefficient (Wildman–Crippen LogP) is 1.81. The lowest BCUT2D eigenvalue weighted by molar-refractivity contribution is -0.121. The van der Waals surface area contributed by atoms with Crippen LogP contribution in [0.4, 0.5) is 0 Å². The number of nitrogens with one attached hydrogen (secondary N) is 1. The highest BCUT2D eigenvalue weighted by Crippen LogP contribution is 2.29. The summed E-state index contributed by atoms with van der Waals surface area (Å²) < 4.78 is 31.1. The third-order valence-corrected chi connectivity index (χ3v) is 5.95. The van der Waals surface area contributed by atoms with Crippen molar-refractivity contribution in [1.29, 1.82) is 0 Å². The van der Waals surface area contributed by atoms with Crippen molar-refractivity contribution >= 4 is 21.8 Å². The van der Waals surface area contributed by atoms with E-state index in [2.05, 4.69) is 5.32 Å². The van der Waals surface area contributed by atoms with Crippen molar-refractivity contribution in [1.82, 2.24) is 9.62 Å². The van der Waals surface area contributed by atoms with Crippen molar-refractivity contribution < 1.29 is 22.7 Å². The van der Waals surface area contributed by atoms with E-state index in [0.717, 1.165) is 10.1 Å². The molecular weight excluding hydrogens is 368 g/mol. The molecule has 3 rings (SSSR count). The Labute approximate surface area is 158 Å². The zero-order valence-corrected chi connectivity index (χ0v) is 15.4. The van der Waals surface area contributed by atoms with Crippen molar-refractivity contribution in [3.63, 3.8) is 0 Å². The van der Waals surface area contributed by atoms with E-state index < -0.39 is 15.9 Å². The van der Waals surface area contributed by atoms with Crippen LogP contribution in [0.1, 0.15) is 23.2 Å². The molecule has 2 amide bonds. The normalized spacial score (nSPS) is 14.7. The summed E-state index contributed by atoms with van der Waals surface area (Å²) in [6.07, 6.45) is 0.380. The van der Waals surface area contributed by atoms with Crippen LogP contribution in [0.3, 0.4) is 0 Å². The molecule has 1 N–H and O–H groups in total. The summed E-state index contributed by atoms with van der Waals surface area (Å²) in [7, 11) is -3.81. The van der Waals surface area contributed by atoms with Gasteiger partial charge in [0.2, 0.25) is 5.91 Å². The number of carbonyl (C=O) groups excluding carboxylic acids is 2. The second-order valence-corrected chi connectivity index (χ2v) is 7.82. The first-order valence-electron chi connectivity index (χ1n) is 8.61. The van der Waals surface area contributed by atoms with Gasteiger partial charge in [-0.1, -0.05) is 30.3 Å². The van der Waals surface area contributed by atoms with Gasteiger partial charge in [0.1, 0.15) is 17.3 Å². The Morgan fingerprint density at radius 2 is 1.74 bits per heavy atom. The Hall–Kier alpha value is -2.87. The second-order valence-electron chi connectivity index (χ2n) is 5.99. The summed E-state index contributed by atoms with van der Waals surface area (Å²) in [5, 5.41) is 2.71. The number of carbonyl (C=O) groups is 2. The standard InChI is InChI=1S/C19H20N2O5S/c22-18(20-12-14-26-15-7-2-1-3-8-15)11-6-13-21-19(23)16-9-4-5-10-17(16)27(21,24)25/h1-5,7-10H,6,11-14H2,(H,20,22). The third-order valence-electron chi connectivity index (χ3n) is 4.11. The van der Waals surface area contributed by atoms with E-state index in [1.165, 1.54) is 12.1 Å². The monoisotopic (exact) mass is 388 g/mol. The quantitative estimate of drug-likeness (QED) is 0.696. The maximum Gasteiger partial charge on any atom is 0.269 e. The van der Waals surface area contributed by atoms with Gasteiger partial charge >= 0.3 is 0 Å². The van der Waals surface area contributed by atoms with E-state index in [9.17, 15) is 18.0 Å². The highest BCUT2D eigenvalue weighted by atomic mass is 32.2. The number of hydrogen-bond donors (Lipinski definition) is 1. The van der Waals surface area contributed by atoms with Gasteiger partial charge in [0, 0.05) is 13.0 Å². The van der Waals surface area contributed by atoms with E-state index in [0.29, 0.717) is 13.2 Å². The summed E-state index contributed by atoms with van der Waals surface area (Å²) >= 11 is 0. The van der Waals surface area contributed by atoms with Gasteiger partial charge in [-0.25, -0.2) is 12.7 Å². The van der Waals surface area contributed by atoms with Crippen LogP contribution in [-0.2, 0) is 14.8 Å². The summed E-state index contributed by atoms with van der Waals surface area (Å²) in [6, 6.07) is 15.4. The number of para-hydroxylation sites is 1. The number of amides is 2. The number of ether oxygens (including phenoxy) is 1. The van der Waals surface area contributed by atoms with Crippen molar-refractivity contribution in [2.75, 3.05) is 19.7 Å². The van der Waals surface area contributed by atoms with Gasteiger partial charge in [-0.15, -0.1) is 0 Å². The van der Waals surface area contributed by atoms with Crippen LogP contribution < -0.4 is 10.1 Å². The molecule has 2 aromatic rings. The summed E-state index contributed by atoms with van der Waals surface area (Å²) in [5.41, 5.74) is 0.181. The summed E-state index contributed by atoms with van der Waals surface area (Å²) in [4.78, 5) is 24.2. The van der Waals surface area contributed by atoms with Gasteiger partial charge in [0.05, 0.1) is 12.1 Å². The Kier molecular flexibility index (Phi) is 5.75. The van der Waals surface area contributed by atoms with Crippen LogP contribution in [-0.4, -0.2) is 44.2 Å². The van der Waals surface area contributed by atoms with Crippen molar-refractivity contribution in [2.45, 2.75) is 17.7 Å². The van der Waals surface area contributed by atoms with Crippen molar-refractivity contribution in [2.24, 2.45) is 0 Å². The van der Waals surface area contributed by atoms with Gasteiger partial charge in [-0.2, -0.15) is 0 Å². The van der Waals surface area contributed by atoms with Crippen molar-refractivity contribution in [3.8, 4) is 5.75 Å². The number of rotatable bonds is 8. The molecule has 8 heteroatoms. The molecule has 0 bridgehead atoms. The molecule has 142 valence electrons. The largest absolute Gasteiger partial charge is 0.492 e. The Morgan fingerprint density at radius 3 is 2.48 bits per heavy atom. The lowest BCUT2D eigenvalue weighted by atomic mass is 10.2. The second kappa shape index (κ2) is 8.22. The number of nitrogens with zero attached hydrogens (tertiary/aromatic N) is 1.